The molecule has 0 unspecified atom stereocenters. The Morgan fingerprint density at radius 1 is 1.04 bits per heavy atom. The molecule has 0 bridgehead atoms. The number of hydrogen-bond donors (Lipinski definition) is 0. The van der Waals surface area contributed by atoms with Gasteiger partial charge in [-0.15, -0.1) is 0 Å². The molecule has 0 aliphatic heterocycles. The Morgan fingerprint density at radius 2 is 1.72 bits per heavy atom. The zero-order chi connectivity index (χ0) is 18.4. The molecule has 0 N–H and O–H groups in total. The molecule has 0 saturated carbocycles. The number of methoxy groups -OCH3 is 2. The van der Waals surface area contributed by atoms with Gasteiger partial charge in [0.15, 0.2) is 17.3 Å². The Kier molecular flexibility index (Phi) is 4.70. The van der Waals surface area contributed by atoms with E-state index in [1.165, 1.54) is 16.7 Å². The van der Waals surface area contributed by atoms with Crippen molar-refractivity contribution in [1.82, 2.24) is 0 Å². The van der Waals surface area contributed by atoms with Gasteiger partial charge in [0.05, 0.1) is 14.2 Å². The highest BCUT2D eigenvalue weighted by atomic mass is 16.5. The van der Waals surface area contributed by atoms with Gasteiger partial charge >= 0.3 is 0 Å². The number of allylic oxidation sites excluding steroid dienone is 2. The lowest BCUT2D eigenvalue weighted by atomic mass is 9.70. The van der Waals surface area contributed by atoms with Gasteiger partial charge in [-0.2, -0.15) is 0 Å². The fraction of sp³-hybridized carbons (Fsp3) is 0.591. The molecule has 0 fully saturated rings. The molecule has 0 atom stereocenters. The van der Waals surface area contributed by atoms with Gasteiger partial charge in [-0.3, -0.25) is 4.79 Å². The van der Waals surface area contributed by atoms with E-state index in [1.807, 2.05) is 0 Å². The number of fused-ring (bicyclic) bond motifs is 1. The lowest BCUT2D eigenvalue weighted by Gasteiger charge is -2.34. The van der Waals surface area contributed by atoms with Crippen LogP contribution in [0.4, 0.5) is 0 Å². The van der Waals surface area contributed by atoms with Crippen molar-refractivity contribution < 1.29 is 14.3 Å². The molecule has 2 aliphatic carbocycles. The highest BCUT2D eigenvalue weighted by Gasteiger charge is 2.36. The van der Waals surface area contributed by atoms with Gasteiger partial charge in [0.1, 0.15) is 0 Å². The maximum Gasteiger partial charge on any atom is 0.164 e. The maximum atomic E-state index is 12.7. The maximum absolute atomic E-state index is 12.7. The van der Waals surface area contributed by atoms with Crippen LogP contribution in [0, 0.1) is 5.41 Å². The van der Waals surface area contributed by atoms with Crippen molar-refractivity contribution in [1.29, 1.82) is 0 Å². The topological polar surface area (TPSA) is 35.5 Å². The Bertz CT molecular complexity index is 738. The van der Waals surface area contributed by atoms with E-state index in [4.69, 9.17) is 9.47 Å². The largest absolute Gasteiger partial charge is 0.493 e. The van der Waals surface area contributed by atoms with Crippen LogP contribution in [0.5, 0.6) is 11.5 Å². The summed E-state index contributed by atoms with van der Waals surface area (Å²) >= 11 is 0. The third-order valence-corrected chi connectivity index (χ3v) is 5.98. The molecule has 3 nitrogen and oxygen atoms in total. The predicted octanol–water partition coefficient (Wildman–Crippen LogP) is 5.00. The predicted molar refractivity (Wildman–Crippen MR) is 101 cm³/mol. The van der Waals surface area contributed by atoms with E-state index in [2.05, 4.69) is 33.8 Å². The normalized spacial score (nSPS) is 19.4. The standard InChI is InChI=1S/C22H30O3/c1-13(2)15-11-14-7-8-18-17(19(23)9-10-22(18,3)4)12-16(14)21(25-6)20(15)24-5/h11,13H,7-10,12H2,1-6H3. The van der Waals surface area contributed by atoms with E-state index in [-0.39, 0.29) is 5.41 Å². The average Bonchev–Trinajstić information content (AvgIpc) is 2.77. The summed E-state index contributed by atoms with van der Waals surface area (Å²) in [6, 6.07) is 2.28. The zero-order valence-corrected chi connectivity index (χ0v) is 16.4. The van der Waals surface area contributed by atoms with E-state index in [9.17, 15) is 4.79 Å². The number of rotatable bonds is 3. The van der Waals surface area contributed by atoms with Crippen LogP contribution in [0.2, 0.25) is 0 Å². The SMILES string of the molecule is COc1c(C(C)C)cc2c(c1OC)CC1=C(CC2)C(C)(C)CCC1=O. The molecule has 25 heavy (non-hydrogen) atoms. The third-order valence-electron chi connectivity index (χ3n) is 5.98. The number of Topliss-reactive ketones (excluding diaryl/α,β-unsaturated/α-hetero) is 1. The highest BCUT2D eigenvalue weighted by Crippen LogP contribution is 2.48. The molecule has 0 radical (unpaired) electrons. The van der Waals surface area contributed by atoms with E-state index < -0.39 is 0 Å². The molecule has 2 aliphatic rings. The summed E-state index contributed by atoms with van der Waals surface area (Å²) in [5, 5.41) is 0. The molecule has 3 heteroatoms. The quantitative estimate of drug-likeness (QED) is 0.775. The number of carbonyl (C=O) groups excluding carboxylic acids is 1. The van der Waals surface area contributed by atoms with Gasteiger partial charge in [-0.25, -0.2) is 0 Å². The second kappa shape index (κ2) is 6.51. The molecule has 0 heterocycles. The molecule has 0 amide bonds. The van der Waals surface area contributed by atoms with Crippen LogP contribution in [0.15, 0.2) is 17.2 Å². The Labute approximate surface area is 151 Å². The first-order chi connectivity index (χ1) is 11.8. The smallest absolute Gasteiger partial charge is 0.164 e. The number of benzene rings is 1. The van der Waals surface area contributed by atoms with Crippen molar-refractivity contribution in [3.8, 4) is 11.5 Å². The number of ketones is 1. The number of ether oxygens (including phenoxy) is 2. The van der Waals surface area contributed by atoms with Crippen molar-refractivity contribution in [3.05, 3.63) is 33.9 Å². The molecular weight excluding hydrogens is 312 g/mol. The van der Waals surface area contributed by atoms with Gasteiger partial charge in [-0.05, 0) is 41.7 Å². The van der Waals surface area contributed by atoms with Crippen molar-refractivity contribution in [2.45, 2.75) is 65.7 Å². The van der Waals surface area contributed by atoms with Crippen LogP contribution in [0.1, 0.15) is 69.6 Å². The summed E-state index contributed by atoms with van der Waals surface area (Å²) in [5.74, 6) is 2.31. The fourth-order valence-electron chi connectivity index (χ4n) is 4.46. The molecule has 3 rings (SSSR count). The minimum absolute atomic E-state index is 0.115. The minimum atomic E-state index is 0.115. The van der Waals surface area contributed by atoms with Crippen LogP contribution < -0.4 is 9.47 Å². The van der Waals surface area contributed by atoms with Crippen LogP contribution >= 0.6 is 0 Å². The second-order valence-electron chi connectivity index (χ2n) is 8.27. The van der Waals surface area contributed by atoms with E-state index in [0.29, 0.717) is 24.5 Å². The van der Waals surface area contributed by atoms with Gasteiger partial charge in [-0.1, -0.05) is 39.3 Å². The first-order valence-corrected chi connectivity index (χ1v) is 9.32. The van der Waals surface area contributed by atoms with Gasteiger partial charge in [0.2, 0.25) is 0 Å². The first-order valence-electron chi connectivity index (χ1n) is 9.32. The fourth-order valence-corrected chi connectivity index (χ4v) is 4.46. The molecule has 0 saturated heterocycles. The first kappa shape index (κ1) is 18.0. The Balaban J connectivity index is 2.19. The van der Waals surface area contributed by atoms with E-state index >= 15 is 0 Å². The van der Waals surface area contributed by atoms with Gasteiger partial charge in [0.25, 0.3) is 0 Å². The molecule has 1 aromatic rings. The summed E-state index contributed by atoms with van der Waals surface area (Å²) in [6.07, 6.45) is 4.22. The van der Waals surface area contributed by atoms with Crippen LogP contribution in [0.25, 0.3) is 0 Å². The molecule has 0 aromatic heterocycles. The number of aryl methyl sites for hydroxylation is 1. The van der Waals surface area contributed by atoms with Crippen molar-refractivity contribution in [2.24, 2.45) is 5.41 Å². The van der Waals surface area contributed by atoms with Crippen molar-refractivity contribution in [3.63, 3.8) is 0 Å². The molecule has 0 spiro atoms. The van der Waals surface area contributed by atoms with Gasteiger partial charge < -0.3 is 9.47 Å². The summed E-state index contributed by atoms with van der Waals surface area (Å²) in [6.45, 7) is 8.91. The highest BCUT2D eigenvalue weighted by molar-refractivity contribution is 5.98. The van der Waals surface area contributed by atoms with Crippen molar-refractivity contribution >= 4 is 5.78 Å². The number of hydrogen-bond acceptors (Lipinski definition) is 3. The zero-order valence-electron chi connectivity index (χ0n) is 16.4. The minimum Gasteiger partial charge on any atom is -0.493 e. The lowest BCUT2D eigenvalue weighted by Crippen LogP contribution is -2.26. The van der Waals surface area contributed by atoms with Crippen LogP contribution in [0.3, 0.4) is 0 Å². The summed E-state index contributed by atoms with van der Waals surface area (Å²) < 4.78 is 11.5. The van der Waals surface area contributed by atoms with E-state index in [1.54, 1.807) is 14.2 Å². The Morgan fingerprint density at radius 3 is 2.32 bits per heavy atom. The summed E-state index contributed by atoms with van der Waals surface area (Å²) in [4.78, 5) is 12.7. The van der Waals surface area contributed by atoms with Crippen LogP contribution in [-0.2, 0) is 17.6 Å². The third kappa shape index (κ3) is 2.98. The lowest BCUT2D eigenvalue weighted by molar-refractivity contribution is -0.116. The average molecular weight is 342 g/mol. The van der Waals surface area contributed by atoms with E-state index in [0.717, 1.165) is 41.9 Å². The van der Waals surface area contributed by atoms with Gasteiger partial charge in [0, 0.05) is 24.0 Å². The van der Waals surface area contributed by atoms with Crippen LogP contribution in [-0.4, -0.2) is 20.0 Å². The molecule has 136 valence electrons. The summed E-state index contributed by atoms with van der Waals surface area (Å²) in [5.41, 5.74) is 6.12. The molecule has 1 aromatic carbocycles. The molecular formula is C22H30O3. The number of carbonyl (C=O) groups is 1. The van der Waals surface area contributed by atoms with Crippen molar-refractivity contribution in [2.75, 3.05) is 14.2 Å². The Hall–Kier alpha value is -1.77. The monoisotopic (exact) mass is 342 g/mol. The summed E-state index contributed by atoms with van der Waals surface area (Å²) in [7, 11) is 3.40. The second-order valence-corrected chi connectivity index (χ2v) is 8.27.